The average molecular weight is 301 g/mol. The van der Waals surface area contributed by atoms with Gasteiger partial charge >= 0.3 is 0 Å². The van der Waals surface area contributed by atoms with Crippen LogP contribution in [0.4, 0.5) is 4.39 Å². The third-order valence-corrected chi connectivity index (χ3v) is 4.08. The second-order valence-electron chi connectivity index (χ2n) is 4.74. The molecule has 3 N–H and O–H groups in total. The molecule has 1 aromatic carbocycles. The quantitative estimate of drug-likeness (QED) is 0.901. The first-order valence-electron chi connectivity index (χ1n) is 6.08. The van der Waals surface area contributed by atoms with Crippen LogP contribution >= 0.6 is 15.9 Å². The minimum absolute atomic E-state index is 0.189. The predicted molar refractivity (Wildman–Crippen MR) is 71.2 cm³/mol. The summed E-state index contributed by atoms with van der Waals surface area (Å²) in [4.78, 5) is 0. The van der Waals surface area contributed by atoms with Gasteiger partial charge in [0, 0.05) is 23.1 Å². The van der Waals surface area contributed by atoms with Crippen LogP contribution < -0.4 is 11.1 Å². The van der Waals surface area contributed by atoms with E-state index < -0.39 is 0 Å². The van der Waals surface area contributed by atoms with Crippen molar-refractivity contribution >= 4 is 15.9 Å². The van der Waals surface area contributed by atoms with E-state index in [4.69, 9.17) is 5.73 Å². The van der Waals surface area contributed by atoms with E-state index in [0.29, 0.717) is 18.6 Å². The van der Waals surface area contributed by atoms with Gasteiger partial charge in [-0.05, 0) is 43.0 Å². The molecule has 17 heavy (non-hydrogen) atoms. The van der Waals surface area contributed by atoms with E-state index in [1.807, 2.05) is 0 Å². The van der Waals surface area contributed by atoms with Gasteiger partial charge in [-0.15, -0.1) is 0 Å². The summed E-state index contributed by atoms with van der Waals surface area (Å²) in [7, 11) is 0. The third kappa shape index (κ3) is 3.76. The molecule has 2 unspecified atom stereocenters. The summed E-state index contributed by atoms with van der Waals surface area (Å²) in [5.74, 6) is -0.189. The van der Waals surface area contributed by atoms with Gasteiger partial charge in [-0.25, -0.2) is 4.39 Å². The Balaban J connectivity index is 1.90. The molecule has 1 fully saturated rings. The molecule has 0 aromatic heterocycles. The molecule has 0 radical (unpaired) electrons. The van der Waals surface area contributed by atoms with Crippen molar-refractivity contribution in [2.45, 2.75) is 44.3 Å². The van der Waals surface area contributed by atoms with Crippen LogP contribution in [-0.2, 0) is 6.54 Å². The number of benzene rings is 1. The van der Waals surface area contributed by atoms with E-state index in [0.717, 1.165) is 22.9 Å². The van der Waals surface area contributed by atoms with Gasteiger partial charge < -0.3 is 11.1 Å². The van der Waals surface area contributed by atoms with Crippen LogP contribution in [0.3, 0.4) is 0 Å². The average Bonchev–Trinajstić information content (AvgIpc) is 2.30. The topological polar surface area (TPSA) is 38.0 Å². The zero-order chi connectivity index (χ0) is 12.3. The van der Waals surface area contributed by atoms with E-state index in [9.17, 15) is 4.39 Å². The molecule has 0 bridgehead atoms. The van der Waals surface area contributed by atoms with Crippen LogP contribution in [0.15, 0.2) is 22.7 Å². The van der Waals surface area contributed by atoms with Crippen molar-refractivity contribution in [1.82, 2.24) is 5.32 Å². The smallest absolute Gasteiger partial charge is 0.123 e. The fourth-order valence-corrected chi connectivity index (χ4v) is 2.73. The van der Waals surface area contributed by atoms with Crippen molar-refractivity contribution < 1.29 is 4.39 Å². The summed E-state index contributed by atoms with van der Waals surface area (Å²) in [6.07, 6.45) is 4.50. The van der Waals surface area contributed by atoms with Crippen LogP contribution in [-0.4, -0.2) is 12.1 Å². The fraction of sp³-hybridized carbons (Fsp3) is 0.538. The van der Waals surface area contributed by atoms with Crippen molar-refractivity contribution in [2.24, 2.45) is 5.73 Å². The maximum atomic E-state index is 13.1. The van der Waals surface area contributed by atoms with Gasteiger partial charge in [-0.3, -0.25) is 0 Å². The standard InChI is InChI=1S/C13H18BrFN2/c14-13-5-4-10(15)6-9(13)8-17-12-3-1-2-11(16)7-12/h4-6,11-12,17H,1-3,7-8,16H2. The Hall–Kier alpha value is -0.450. The normalized spacial score (nSPS) is 24.9. The van der Waals surface area contributed by atoms with Crippen molar-refractivity contribution in [3.63, 3.8) is 0 Å². The highest BCUT2D eigenvalue weighted by Gasteiger charge is 2.18. The zero-order valence-corrected chi connectivity index (χ0v) is 11.3. The molecule has 0 spiro atoms. The molecule has 2 rings (SSSR count). The minimum atomic E-state index is -0.189. The van der Waals surface area contributed by atoms with Gasteiger partial charge in [0.05, 0.1) is 0 Å². The number of hydrogen-bond donors (Lipinski definition) is 2. The maximum Gasteiger partial charge on any atom is 0.123 e. The Morgan fingerprint density at radius 2 is 2.24 bits per heavy atom. The Morgan fingerprint density at radius 3 is 3.00 bits per heavy atom. The molecule has 94 valence electrons. The molecule has 1 aliphatic rings. The van der Waals surface area contributed by atoms with Gasteiger partial charge in [-0.1, -0.05) is 22.4 Å². The Labute approximate surface area is 110 Å². The monoisotopic (exact) mass is 300 g/mol. The predicted octanol–water partition coefficient (Wildman–Crippen LogP) is 2.95. The molecule has 0 saturated heterocycles. The lowest BCUT2D eigenvalue weighted by molar-refractivity contribution is 0.338. The van der Waals surface area contributed by atoms with Gasteiger partial charge in [0.15, 0.2) is 0 Å². The van der Waals surface area contributed by atoms with Crippen LogP contribution in [0.2, 0.25) is 0 Å². The number of nitrogens with two attached hydrogens (primary N) is 1. The Morgan fingerprint density at radius 1 is 1.41 bits per heavy atom. The molecule has 0 heterocycles. The van der Waals surface area contributed by atoms with E-state index in [2.05, 4.69) is 21.2 Å². The molecular formula is C13H18BrFN2. The largest absolute Gasteiger partial charge is 0.328 e. The summed E-state index contributed by atoms with van der Waals surface area (Å²) in [5, 5.41) is 3.46. The molecule has 0 aliphatic heterocycles. The summed E-state index contributed by atoms with van der Waals surface area (Å²) in [5.41, 5.74) is 6.90. The number of nitrogens with one attached hydrogen (secondary N) is 1. The highest BCUT2D eigenvalue weighted by Crippen LogP contribution is 2.20. The van der Waals surface area contributed by atoms with E-state index in [1.54, 1.807) is 12.1 Å². The van der Waals surface area contributed by atoms with Crippen LogP contribution in [0, 0.1) is 5.82 Å². The van der Waals surface area contributed by atoms with Gasteiger partial charge in [-0.2, -0.15) is 0 Å². The first kappa shape index (κ1) is 13.0. The summed E-state index contributed by atoms with van der Waals surface area (Å²) < 4.78 is 14.1. The summed E-state index contributed by atoms with van der Waals surface area (Å²) >= 11 is 3.44. The van der Waals surface area contributed by atoms with Crippen molar-refractivity contribution in [2.75, 3.05) is 0 Å². The van der Waals surface area contributed by atoms with Gasteiger partial charge in [0.25, 0.3) is 0 Å². The zero-order valence-electron chi connectivity index (χ0n) is 9.76. The molecule has 2 atom stereocenters. The van der Waals surface area contributed by atoms with Crippen molar-refractivity contribution in [3.05, 3.63) is 34.1 Å². The van der Waals surface area contributed by atoms with Crippen LogP contribution in [0.1, 0.15) is 31.2 Å². The molecule has 1 saturated carbocycles. The summed E-state index contributed by atoms with van der Waals surface area (Å²) in [6.45, 7) is 0.690. The highest BCUT2D eigenvalue weighted by atomic mass is 79.9. The third-order valence-electron chi connectivity index (χ3n) is 3.30. The van der Waals surface area contributed by atoms with Gasteiger partial charge in [0.2, 0.25) is 0 Å². The highest BCUT2D eigenvalue weighted by molar-refractivity contribution is 9.10. The van der Waals surface area contributed by atoms with E-state index >= 15 is 0 Å². The lowest BCUT2D eigenvalue weighted by Crippen LogP contribution is -2.39. The van der Waals surface area contributed by atoms with E-state index in [1.165, 1.54) is 18.9 Å². The van der Waals surface area contributed by atoms with Gasteiger partial charge in [0.1, 0.15) is 5.82 Å². The maximum absolute atomic E-state index is 13.1. The lowest BCUT2D eigenvalue weighted by atomic mass is 9.91. The molecule has 4 heteroatoms. The SMILES string of the molecule is NC1CCCC(NCc2cc(F)ccc2Br)C1. The Bertz CT molecular complexity index is 384. The lowest BCUT2D eigenvalue weighted by Gasteiger charge is -2.27. The number of hydrogen-bond acceptors (Lipinski definition) is 2. The number of rotatable bonds is 3. The van der Waals surface area contributed by atoms with Crippen molar-refractivity contribution in [3.8, 4) is 0 Å². The first-order valence-corrected chi connectivity index (χ1v) is 6.87. The summed E-state index contributed by atoms with van der Waals surface area (Å²) in [6, 6.07) is 5.56. The van der Waals surface area contributed by atoms with Crippen LogP contribution in [0.25, 0.3) is 0 Å². The molecular weight excluding hydrogens is 283 g/mol. The van der Waals surface area contributed by atoms with Crippen LogP contribution in [0.5, 0.6) is 0 Å². The minimum Gasteiger partial charge on any atom is -0.328 e. The number of halogens is 2. The van der Waals surface area contributed by atoms with E-state index in [-0.39, 0.29) is 5.82 Å². The second-order valence-corrected chi connectivity index (χ2v) is 5.59. The molecule has 2 nitrogen and oxygen atoms in total. The first-order chi connectivity index (χ1) is 8.15. The van der Waals surface area contributed by atoms with Crippen molar-refractivity contribution in [1.29, 1.82) is 0 Å². The molecule has 1 aliphatic carbocycles. The fourth-order valence-electron chi connectivity index (χ4n) is 2.35. The molecule has 1 aromatic rings. The Kier molecular flexibility index (Phi) is 4.54. The molecule has 0 amide bonds. The second kappa shape index (κ2) is 5.94.